The number of ether oxygens (including phenoxy) is 3. The van der Waals surface area contributed by atoms with E-state index >= 15 is 0 Å². The molecule has 0 unspecified atom stereocenters. The summed E-state index contributed by atoms with van der Waals surface area (Å²) in [5, 5.41) is 3.80. The molecule has 4 nitrogen and oxygen atoms in total. The van der Waals surface area contributed by atoms with Crippen molar-refractivity contribution < 1.29 is 14.2 Å². The molecule has 2 aromatic rings. The molecule has 0 spiro atoms. The molecule has 1 N–H and O–H groups in total. The van der Waals surface area contributed by atoms with Crippen LogP contribution in [0.3, 0.4) is 0 Å². The summed E-state index contributed by atoms with van der Waals surface area (Å²) >= 11 is 0. The number of hydrogen-bond donors (Lipinski definition) is 1. The number of benzene rings is 2. The molecule has 1 aliphatic rings. The van der Waals surface area contributed by atoms with Crippen LogP contribution in [0.25, 0.3) is 0 Å². The predicted octanol–water partition coefficient (Wildman–Crippen LogP) is 3.56. The largest absolute Gasteiger partial charge is 0.497 e. The molecule has 1 aliphatic heterocycles. The van der Waals surface area contributed by atoms with Gasteiger partial charge in [0.2, 0.25) is 0 Å². The van der Waals surface area contributed by atoms with Crippen molar-refractivity contribution in [1.29, 1.82) is 0 Å². The van der Waals surface area contributed by atoms with Crippen molar-refractivity contribution in [3.05, 3.63) is 59.7 Å². The van der Waals surface area contributed by atoms with Crippen LogP contribution in [0.15, 0.2) is 48.5 Å². The fourth-order valence-electron chi connectivity index (χ4n) is 3.17. The predicted molar refractivity (Wildman–Crippen MR) is 94.8 cm³/mol. The van der Waals surface area contributed by atoms with Gasteiger partial charge < -0.3 is 19.5 Å². The Labute approximate surface area is 143 Å². The summed E-state index contributed by atoms with van der Waals surface area (Å²) in [6.07, 6.45) is 2.06. The van der Waals surface area contributed by atoms with Crippen molar-refractivity contribution in [3.8, 4) is 11.5 Å². The van der Waals surface area contributed by atoms with Crippen molar-refractivity contribution in [3.63, 3.8) is 0 Å². The molecule has 1 atom stereocenters. The minimum atomic E-state index is 0.0788. The van der Waals surface area contributed by atoms with Crippen LogP contribution in [-0.4, -0.2) is 33.5 Å². The molecule has 4 heteroatoms. The summed E-state index contributed by atoms with van der Waals surface area (Å²) in [7, 11) is 3.41. The molecule has 0 saturated carbocycles. The minimum Gasteiger partial charge on any atom is -0.497 e. The standard InChI is InChI=1S/C20H25NO3/c1-22-17-9-7-15(8-10-17)20(21-16-11-13-24-14-12-16)18-5-3-4-6-19(18)23-2/h3-10,16,20-21H,11-14H2,1-2H3/t20-/m1/s1. The third kappa shape index (κ3) is 3.89. The molecular weight excluding hydrogens is 302 g/mol. The van der Waals surface area contributed by atoms with Crippen LogP contribution in [0.2, 0.25) is 0 Å². The van der Waals surface area contributed by atoms with Gasteiger partial charge in [-0.2, -0.15) is 0 Å². The Kier molecular flexibility index (Phi) is 5.72. The van der Waals surface area contributed by atoms with Gasteiger partial charge in [-0.05, 0) is 36.6 Å². The first-order valence-corrected chi connectivity index (χ1v) is 8.42. The summed E-state index contributed by atoms with van der Waals surface area (Å²) in [6.45, 7) is 1.64. The Bertz CT molecular complexity index is 636. The molecule has 0 aliphatic carbocycles. The van der Waals surface area contributed by atoms with E-state index in [-0.39, 0.29) is 6.04 Å². The van der Waals surface area contributed by atoms with E-state index in [4.69, 9.17) is 14.2 Å². The second-order valence-electron chi connectivity index (χ2n) is 6.00. The average Bonchev–Trinajstić information content (AvgIpc) is 2.67. The molecule has 0 radical (unpaired) electrons. The molecular formula is C20H25NO3. The highest BCUT2D eigenvalue weighted by atomic mass is 16.5. The van der Waals surface area contributed by atoms with Crippen LogP contribution in [0.5, 0.6) is 11.5 Å². The number of rotatable bonds is 6. The van der Waals surface area contributed by atoms with Crippen molar-refractivity contribution in [2.45, 2.75) is 24.9 Å². The maximum absolute atomic E-state index is 5.59. The summed E-state index contributed by atoms with van der Waals surface area (Å²) in [5.41, 5.74) is 2.35. The van der Waals surface area contributed by atoms with Crippen LogP contribution < -0.4 is 14.8 Å². The molecule has 24 heavy (non-hydrogen) atoms. The molecule has 3 rings (SSSR count). The Morgan fingerprint density at radius 2 is 1.67 bits per heavy atom. The van der Waals surface area contributed by atoms with Crippen LogP contribution in [0, 0.1) is 0 Å². The van der Waals surface area contributed by atoms with E-state index in [2.05, 4.69) is 29.6 Å². The van der Waals surface area contributed by atoms with Gasteiger partial charge in [-0.25, -0.2) is 0 Å². The second kappa shape index (κ2) is 8.18. The highest BCUT2D eigenvalue weighted by molar-refractivity contribution is 5.43. The summed E-state index contributed by atoms with van der Waals surface area (Å²) < 4.78 is 16.4. The fraction of sp³-hybridized carbons (Fsp3) is 0.400. The monoisotopic (exact) mass is 327 g/mol. The van der Waals surface area contributed by atoms with Crippen molar-refractivity contribution >= 4 is 0 Å². The third-order valence-electron chi connectivity index (χ3n) is 4.52. The Hall–Kier alpha value is -2.04. The first-order chi connectivity index (χ1) is 11.8. The first-order valence-electron chi connectivity index (χ1n) is 8.42. The van der Waals surface area contributed by atoms with Gasteiger partial charge >= 0.3 is 0 Å². The topological polar surface area (TPSA) is 39.7 Å². The van der Waals surface area contributed by atoms with Crippen LogP contribution in [-0.2, 0) is 4.74 Å². The molecule has 1 heterocycles. The lowest BCUT2D eigenvalue weighted by atomic mass is 9.95. The van der Waals surface area contributed by atoms with E-state index in [0.717, 1.165) is 43.1 Å². The highest BCUT2D eigenvalue weighted by Crippen LogP contribution is 2.32. The molecule has 1 fully saturated rings. The number of methoxy groups -OCH3 is 2. The summed E-state index contributed by atoms with van der Waals surface area (Å²) in [5.74, 6) is 1.77. The zero-order valence-corrected chi connectivity index (χ0v) is 14.3. The van der Waals surface area contributed by atoms with Crippen LogP contribution in [0.4, 0.5) is 0 Å². The molecule has 0 amide bonds. The van der Waals surface area contributed by atoms with Gasteiger partial charge in [0.1, 0.15) is 11.5 Å². The van der Waals surface area contributed by atoms with E-state index in [1.807, 2.05) is 24.3 Å². The SMILES string of the molecule is COc1ccc([C@@H](NC2CCOCC2)c2ccccc2OC)cc1. The van der Waals surface area contributed by atoms with Crippen molar-refractivity contribution in [2.75, 3.05) is 27.4 Å². The van der Waals surface area contributed by atoms with Gasteiger partial charge in [-0.3, -0.25) is 0 Å². The lowest BCUT2D eigenvalue weighted by Gasteiger charge is -2.30. The maximum atomic E-state index is 5.59. The van der Waals surface area contributed by atoms with E-state index in [9.17, 15) is 0 Å². The third-order valence-corrected chi connectivity index (χ3v) is 4.52. The van der Waals surface area contributed by atoms with Crippen LogP contribution >= 0.6 is 0 Å². The van der Waals surface area contributed by atoms with Gasteiger partial charge in [-0.15, -0.1) is 0 Å². The zero-order chi connectivity index (χ0) is 16.8. The quantitative estimate of drug-likeness (QED) is 0.880. The van der Waals surface area contributed by atoms with Gasteiger partial charge in [0.15, 0.2) is 0 Å². The maximum Gasteiger partial charge on any atom is 0.123 e. The second-order valence-corrected chi connectivity index (χ2v) is 6.00. The Morgan fingerprint density at radius 1 is 0.958 bits per heavy atom. The minimum absolute atomic E-state index is 0.0788. The lowest BCUT2D eigenvalue weighted by molar-refractivity contribution is 0.0760. The molecule has 2 aromatic carbocycles. The lowest BCUT2D eigenvalue weighted by Crippen LogP contribution is -2.38. The van der Waals surface area contributed by atoms with Gasteiger partial charge in [-0.1, -0.05) is 30.3 Å². The average molecular weight is 327 g/mol. The highest BCUT2D eigenvalue weighted by Gasteiger charge is 2.23. The van der Waals surface area contributed by atoms with Gasteiger partial charge in [0.05, 0.1) is 20.3 Å². The molecule has 128 valence electrons. The van der Waals surface area contributed by atoms with Crippen molar-refractivity contribution in [1.82, 2.24) is 5.32 Å². The van der Waals surface area contributed by atoms with Crippen molar-refractivity contribution in [2.24, 2.45) is 0 Å². The van der Waals surface area contributed by atoms with E-state index in [0.29, 0.717) is 6.04 Å². The number of hydrogen-bond acceptors (Lipinski definition) is 4. The van der Waals surface area contributed by atoms with E-state index in [1.165, 1.54) is 5.56 Å². The normalized spacial score (nSPS) is 16.6. The van der Waals surface area contributed by atoms with Gasteiger partial charge in [0, 0.05) is 24.8 Å². The zero-order valence-electron chi connectivity index (χ0n) is 14.3. The number of para-hydroxylation sites is 1. The van der Waals surface area contributed by atoms with Crippen LogP contribution in [0.1, 0.15) is 30.0 Å². The molecule has 0 bridgehead atoms. The smallest absolute Gasteiger partial charge is 0.123 e. The fourth-order valence-corrected chi connectivity index (χ4v) is 3.17. The molecule has 1 saturated heterocycles. The molecule has 0 aromatic heterocycles. The summed E-state index contributed by atoms with van der Waals surface area (Å²) in [4.78, 5) is 0. The number of nitrogens with one attached hydrogen (secondary N) is 1. The van der Waals surface area contributed by atoms with E-state index < -0.39 is 0 Å². The summed E-state index contributed by atoms with van der Waals surface area (Å²) in [6, 6.07) is 16.9. The Morgan fingerprint density at radius 3 is 2.33 bits per heavy atom. The Balaban J connectivity index is 1.92. The van der Waals surface area contributed by atoms with Gasteiger partial charge in [0.25, 0.3) is 0 Å². The first kappa shape index (κ1) is 16.8. The van der Waals surface area contributed by atoms with E-state index in [1.54, 1.807) is 14.2 Å².